The van der Waals surface area contributed by atoms with Crippen LogP contribution in [0.4, 0.5) is 5.69 Å². The number of thioether (sulfide) groups is 1. The minimum absolute atomic E-state index is 0.0280. The standard InChI is InChI=1S/C15H20N2OS/c1-4-11(10-19-3)16-13-9-15(18)17(2)14-8-6-5-7-12(13)14/h5-9,11,16H,4,10H2,1-3H3. The first kappa shape index (κ1) is 14.0. The quantitative estimate of drug-likeness (QED) is 0.911. The lowest BCUT2D eigenvalue weighted by Crippen LogP contribution is -2.24. The summed E-state index contributed by atoms with van der Waals surface area (Å²) < 4.78 is 1.69. The molecule has 1 aromatic heterocycles. The Kier molecular flexibility index (Phi) is 4.53. The Hall–Kier alpha value is -1.42. The molecule has 2 aromatic rings. The number of para-hydroxylation sites is 1. The zero-order valence-electron chi connectivity index (χ0n) is 11.6. The highest BCUT2D eigenvalue weighted by Gasteiger charge is 2.10. The monoisotopic (exact) mass is 276 g/mol. The highest BCUT2D eigenvalue weighted by molar-refractivity contribution is 7.98. The van der Waals surface area contributed by atoms with Crippen LogP contribution >= 0.6 is 11.8 Å². The fraction of sp³-hybridized carbons (Fsp3) is 0.400. The van der Waals surface area contributed by atoms with E-state index in [2.05, 4.69) is 24.6 Å². The third-order valence-electron chi connectivity index (χ3n) is 3.37. The number of hydrogen-bond acceptors (Lipinski definition) is 3. The number of nitrogens with one attached hydrogen (secondary N) is 1. The van der Waals surface area contributed by atoms with Crippen molar-refractivity contribution in [3.63, 3.8) is 0 Å². The van der Waals surface area contributed by atoms with Crippen molar-refractivity contribution in [3.05, 3.63) is 40.7 Å². The fourth-order valence-corrected chi connectivity index (χ4v) is 2.93. The first-order valence-electron chi connectivity index (χ1n) is 6.51. The van der Waals surface area contributed by atoms with Gasteiger partial charge in [0.2, 0.25) is 0 Å². The summed E-state index contributed by atoms with van der Waals surface area (Å²) in [6, 6.07) is 10.1. The van der Waals surface area contributed by atoms with Crippen molar-refractivity contribution in [2.45, 2.75) is 19.4 Å². The molecule has 1 N–H and O–H groups in total. The number of fused-ring (bicyclic) bond motifs is 1. The second kappa shape index (κ2) is 6.15. The molecule has 1 atom stereocenters. The van der Waals surface area contributed by atoms with Gasteiger partial charge in [-0.15, -0.1) is 0 Å². The van der Waals surface area contributed by atoms with Crippen molar-refractivity contribution in [1.29, 1.82) is 0 Å². The van der Waals surface area contributed by atoms with Crippen molar-refractivity contribution in [2.24, 2.45) is 7.05 Å². The number of benzene rings is 1. The summed E-state index contributed by atoms with van der Waals surface area (Å²) in [5, 5.41) is 4.61. The Bertz CT molecular complexity index is 621. The second-order valence-electron chi connectivity index (χ2n) is 4.68. The molecule has 0 aliphatic carbocycles. The molecule has 0 aliphatic rings. The lowest BCUT2D eigenvalue weighted by atomic mass is 10.1. The SMILES string of the molecule is CCC(CSC)Nc1cc(=O)n(C)c2ccccc12. The molecule has 0 bridgehead atoms. The van der Waals surface area contributed by atoms with Crippen molar-refractivity contribution in [3.8, 4) is 0 Å². The van der Waals surface area contributed by atoms with E-state index in [0.29, 0.717) is 6.04 Å². The zero-order chi connectivity index (χ0) is 13.8. The van der Waals surface area contributed by atoms with Crippen LogP contribution in [0.3, 0.4) is 0 Å². The molecule has 4 heteroatoms. The van der Waals surface area contributed by atoms with Crippen LogP contribution in [0.5, 0.6) is 0 Å². The van der Waals surface area contributed by atoms with E-state index >= 15 is 0 Å². The van der Waals surface area contributed by atoms with Crippen LogP contribution in [0, 0.1) is 0 Å². The Balaban J connectivity index is 2.48. The van der Waals surface area contributed by atoms with E-state index in [4.69, 9.17) is 0 Å². The predicted octanol–water partition coefficient (Wildman–Crippen LogP) is 3.09. The van der Waals surface area contributed by atoms with Crippen LogP contribution < -0.4 is 10.9 Å². The number of anilines is 1. The molecule has 0 spiro atoms. The Labute approximate surface area is 118 Å². The first-order chi connectivity index (χ1) is 9.17. The van der Waals surface area contributed by atoms with Gasteiger partial charge >= 0.3 is 0 Å². The van der Waals surface area contributed by atoms with E-state index in [9.17, 15) is 4.79 Å². The first-order valence-corrected chi connectivity index (χ1v) is 7.91. The van der Waals surface area contributed by atoms with Gasteiger partial charge < -0.3 is 9.88 Å². The normalized spacial score (nSPS) is 12.6. The van der Waals surface area contributed by atoms with E-state index in [1.807, 2.05) is 37.0 Å². The summed E-state index contributed by atoms with van der Waals surface area (Å²) in [7, 11) is 1.81. The third kappa shape index (κ3) is 2.95. The minimum atomic E-state index is 0.0280. The average Bonchev–Trinajstić information content (AvgIpc) is 2.44. The van der Waals surface area contributed by atoms with Crippen molar-refractivity contribution in [2.75, 3.05) is 17.3 Å². The van der Waals surface area contributed by atoms with Crippen LogP contribution in [0.25, 0.3) is 10.9 Å². The maximum Gasteiger partial charge on any atom is 0.252 e. The van der Waals surface area contributed by atoms with E-state index < -0.39 is 0 Å². The molecular formula is C15H20N2OS. The molecule has 19 heavy (non-hydrogen) atoms. The molecule has 1 unspecified atom stereocenters. The van der Waals surface area contributed by atoms with Crippen LogP contribution in [0.1, 0.15) is 13.3 Å². The predicted molar refractivity (Wildman–Crippen MR) is 85.3 cm³/mol. The van der Waals surface area contributed by atoms with Crippen LogP contribution in [0.2, 0.25) is 0 Å². The number of nitrogens with zero attached hydrogens (tertiary/aromatic N) is 1. The number of pyridine rings is 1. The largest absolute Gasteiger partial charge is 0.381 e. The van der Waals surface area contributed by atoms with Crippen molar-refractivity contribution < 1.29 is 0 Å². The maximum atomic E-state index is 12.0. The summed E-state index contributed by atoms with van der Waals surface area (Å²) in [5.41, 5.74) is 1.94. The molecule has 0 fully saturated rings. The van der Waals surface area contributed by atoms with Gasteiger partial charge in [-0.1, -0.05) is 25.1 Å². The molecule has 0 aliphatic heterocycles. The molecular weight excluding hydrogens is 256 g/mol. The van der Waals surface area contributed by atoms with Crippen molar-refractivity contribution >= 4 is 28.4 Å². The van der Waals surface area contributed by atoms with Gasteiger partial charge in [-0.25, -0.2) is 0 Å². The lowest BCUT2D eigenvalue weighted by Gasteiger charge is -2.19. The van der Waals surface area contributed by atoms with Crippen molar-refractivity contribution in [1.82, 2.24) is 4.57 Å². The third-order valence-corrected chi connectivity index (χ3v) is 4.11. The van der Waals surface area contributed by atoms with Crippen LogP contribution in [-0.4, -0.2) is 22.6 Å². The highest BCUT2D eigenvalue weighted by atomic mass is 32.2. The van der Waals surface area contributed by atoms with Crippen LogP contribution in [-0.2, 0) is 7.05 Å². The zero-order valence-corrected chi connectivity index (χ0v) is 12.5. The topological polar surface area (TPSA) is 34.0 Å². The molecule has 3 nitrogen and oxygen atoms in total. The minimum Gasteiger partial charge on any atom is -0.381 e. The Morgan fingerprint density at radius 1 is 1.37 bits per heavy atom. The summed E-state index contributed by atoms with van der Waals surface area (Å²) >= 11 is 1.82. The van der Waals surface area contributed by atoms with E-state index in [1.165, 1.54) is 0 Å². The summed E-state index contributed by atoms with van der Waals surface area (Å²) in [6.45, 7) is 2.16. The number of aromatic nitrogens is 1. The summed E-state index contributed by atoms with van der Waals surface area (Å²) in [5.74, 6) is 1.04. The molecule has 0 saturated carbocycles. The van der Waals surface area contributed by atoms with E-state index in [1.54, 1.807) is 10.6 Å². The van der Waals surface area contributed by atoms with Gasteiger partial charge in [0.15, 0.2) is 0 Å². The average molecular weight is 276 g/mol. The second-order valence-corrected chi connectivity index (χ2v) is 5.59. The van der Waals surface area contributed by atoms with Crippen LogP contribution in [0.15, 0.2) is 35.1 Å². The van der Waals surface area contributed by atoms with E-state index in [-0.39, 0.29) is 5.56 Å². The lowest BCUT2D eigenvalue weighted by molar-refractivity contribution is 0.774. The highest BCUT2D eigenvalue weighted by Crippen LogP contribution is 2.22. The van der Waals surface area contributed by atoms with Gasteiger partial charge in [-0.2, -0.15) is 11.8 Å². The molecule has 0 saturated heterocycles. The number of aryl methyl sites for hydroxylation is 1. The van der Waals surface area contributed by atoms with Gasteiger partial charge in [0.05, 0.1) is 5.52 Å². The maximum absolute atomic E-state index is 12.0. The molecule has 1 heterocycles. The van der Waals surface area contributed by atoms with Gasteiger partial charge in [0.25, 0.3) is 5.56 Å². The summed E-state index contributed by atoms with van der Waals surface area (Å²) in [6.07, 6.45) is 3.15. The molecule has 0 radical (unpaired) electrons. The Morgan fingerprint density at radius 3 is 2.79 bits per heavy atom. The number of rotatable bonds is 5. The molecule has 2 rings (SSSR count). The van der Waals surface area contributed by atoms with Gasteiger partial charge in [0.1, 0.15) is 0 Å². The van der Waals surface area contributed by atoms with Gasteiger partial charge in [0, 0.05) is 36.0 Å². The smallest absolute Gasteiger partial charge is 0.252 e. The summed E-state index contributed by atoms with van der Waals surface area (Å²) in [4.78, 5) is 12.0. The number of hydrogen-bond donors (Lipinski definition) is 1. The molecule has 102 valence electrons. The molecule has 0 amide bonds. The van der Waals surface area contributed by atoms with E-state index in [0.717, 1.165) is 28.8 Å². The molecule has 1 aromatic carbocycles. The van der Waals surface area contributed by atoms with Gasteiger partial charge in [-0.05, 0) is 18.7 Å². The van der Waals surface area contributed by atoms with Gasteiger partial charge in [-0.3, -0.25) is 4.79 Å². The Morgan fingerprint density at radius 2 is 2.11 bits per heavy atom. The fourth-order valence-electron chi connectivity index (χ4n) is 2.21.